The first-order chi connectivity index (χ1) is 20.3. The number of aryl methyl sites for hydroxylation is 1. The molecule has 1 saturated heterocycles. The lowest BCUT2D eigenvalue weighted by molar-refractivity contribution is -0.141. The van der Waals surface area contributed by atoms with Gasteiger partial charge in [-0.25, -0.2) is 0 Å². The number of carbonyl (C=O) groups excluding carboxylic acids is 3. The summed E-state index contributed by atoms with van der Waals surface area (Å²) in [4.78, 5) is 42.9. The Bertz CT molecular complexity index is 1230. The maximum atomic E-state index is 13.4. The number of piperidine rings is 1. The van der Waals surface area contributed by atoms with Crippen molar-refractivity contribution < 1.29 is 33.3 Å². The van der Waals surface area contributed by atoms with Crippen molar-refractivity contribution in [2.24, 2.45) is 5.92 Å². The molecule has 4 bridgehead atoms. The van der Waals surface area contributed by atoms with Gasteiger partial charge in [-0.05, 0) is 54.7 Å². The third-order valence-electron chi connectivity index (χ3n) is 7.61. The average molecular weight is 582 g/mol. The minimum absolute atomic E-state index is 0.0433. The molecule has 0 saturated carbocycles. The van der Waals surface area contributed by atoms with Crippen molar-refractivity contribution in [2.75, 3.05) is 47.0 Å². The molecule has 2 atom stereocenters. The van der Waals surface area contributed by atoms with Crippen LogP contribution in [0.1, 0.15) is 44.2 Å². The van der Waals surface area contributed by atoms with E-state index in [9.17, 15) is 14.4 Å². The van der Waals surface area contributed by atoms with Crippen LogP contribution in [0.25, 0.3) is 0 Å². The zero-order valence-corrected chi connectivity index (χ0v) is 25.1. The largest absolute Gasteiger partial charge is 0.493 e. The third kappa shape index (κ3) is 8.45. The van der Waals surface area contributed by atoms with Crippen LogP contribution in [0.4, 0.5) is 0 Å². The van der Waals surface area contributed by atoms with Crippen LogP contribution in [0.2, 0.25) is 0 Å². The van der Waals surface area contributed by atoms with E-state index >= 15 is 0 Å². The monoisotopic (exact) mass is 581 g/mol. The Morgan fingerprint density at radius 2 is 1.93 bits per heavy atom. The number of amides is 3. The molecule has 0 spiro atoms. The van der Waals surface area contributed by atoms with Crippen molar-refractivity contribution in [3.8, 4) is 17.2 Å². The molecule has 3 heterocycles. The van der Waals surface area contributed by atoms with Crippen LogP contribution in [-0.2, 0) is 36.9 Å². The summed E-state index contributed by atoms with van der Waals surface area (Å²) >= 11 is 0. The molecule has 10 heteroatoms. The summed E-state index contributed by atoms with van der Waals surface area (Å²) in [5.41, 5.74) is 1.84. The van der Waals surface area contributed by atoms with Crippen LogP contribution in [0.3, 0.4) is 0 Å². The van der Waals surface area contributed by atoms with Gasteiger partial charge >= 0.3 is 0 Å². The van der Waals surface area contributed by atoms with Crippen molar-refractivity contribution in [1.82, 2.24) is 15.1 Å². The number of benzene rings is 2. The van der Waals surface area contributed by atoms with E-state index < -0.39 is 6.04 Å². The number of rotatable bonds is 6. The molecule has 3 amide bonds. The van der Waals surface area contributed by atoms with Gasteiger partial charge in [-0.1, -0.05) is 32.0 Å². The van der Waals surface area contributed by atoms with E-state index in [-0.39, 0.29) is 42.7 Å². The van der Waals surface area contributed by atoms with Gasteiger partial charge in [0.15, 0.2) is 11.5 Å². The zero-order valence-electron chi connectivity index (χ0n) is 25.1. The molecule has 42 heavy (non-hydrogen) atoms. The molecule has 3 aliphatic rings. The normalized spacial score (nSPS) is 20.2. The topological polar surface area (TPSA) is 107 Å². The summed E-state index contributed by atoms with van der Waals surface area (Å²) in [6.45, 7) is 5.75. The second-order valence-corrected chi connectivity index (χ2v) is 11.1. The van der Waals surface area contributed by atoms with Crippen molar-refractivity contribution in [3.05, 3.63) is 53.6 Å². The highest BCUT2D eigenvalue weighted by Gasteiger charge is 2.34. The number of hydrogen-bond donors (Lipinski definition) is 1. The van der Waals surface area contributed by atoms with E-state index in [2.05, 4.69) is 5.32 Å². The van der Waals surface area contributed by atoms with Crippen LogP contribution >= 0.6 is 0 Å². The predicted molar refractivity (Wildman–Crippen MR) is 157 cm³/mol. The molecular formula is C32H43N3O7. The van der Waals surface area contributed by atoms with Crippen LogP contribution in [0.5, 0.6) is 17.2 Å². The second-order valence-electron chi connectivity index (χ2n) is 11.1. The molecule has 0 aromatic heterocycles. The van der Waals surface area contributed by atoms with E-state index in [4.69, 9.17) is 18.9 Å². The van der Waals surface area contributed by atoms with Crippen molar-refractivity contribution in [1.29, 1.82) is 0 Å². The Hall–Kier alpha value is -3.63. The molecule has 5 rings (SSSR count). The number of hydrogen-bond acceptors (Lipinski definition) is 7. The second kappa shape index (κ2) is 15.0. The van der Waals surface area contributed by atoms with Crippen LogP contribution in [0.15, 0.2) is 42.5 Å². The predicted octanol–water partition coefficient (Wildman–Crippen LogP) is 3.56. The SMILES string of the molecule is COCCCN1CC(=O)N[C@H]2CN(C(=O)C(C)C)CC[C@H]2OCc2cccc(c2)Oc2ccc(cc2OC)CCC1=O. The molecule has 228 valence electrons. The zero-order chi connectivity index (χ0) is 30.1. The minimum Gasteiger partial charge on any atom is -0.493 e. The van der Waals surface area contributed by atoms with Gasteiger partial charge in [-0.3, -0.25) is 14.4 Å². The quantitative estimate of drug-likeness (QED) is 0.520. The van der Waals surface area contributed by atoms with Crippen molar-refractivity contribution >= 4 is 17.7 Å². The number of methoxy groups -OCH3 is 2. The Balaban J connectivity index is 1.62. The lowest BCUT2D eigenvalue weighted by atomic mass is 10.00. The molecule has 2 aromatic rings. The number of nitrogens with one attached hydrogen (secondary N) is 1. The average Bonchev–Trinajstić information content (AvgIpc) is 2.98. The summed E-state index contributed by atoms with van der Waals surface area (Å²) in [6, 6.07) is 12.9. The highest BCUT2D eigenvalue weighted by Crippen LogP contribution is 2.33. The molecule has 1 fully saturated rings. The first-order valence-corrected chi connectivity index (χ1v) is 14.7. The van der Waals surface area contributed by atoms with Gasteiger partial charge in [-0.15, -0.1) is 0 Å². The van der Waals surface area contributed by atoms with Gasteiger partial charge in [0.05, 0.1) is 32.4 Å². The summed E-state index contributed by atoms with van der Waals surface area (Å²) in [5, 5.41) is 3.09. The maximum Gasteiger partial charge on any atom is 0.239 e. The van der Waals surface area contributed by atoms with E-state index in [1.54, 1.807) is 24.0 Å². The van der Waals surface area contributed by atoms with Gasteiger partial charge in [0.2, 0.25) is 17.7 Å². The van der Waals surface area contributed by atoms with Crippen LogP contribution in [0, 0.1) is 5.92 Å². The highest BCUT2D eigenvalue weighted by molar-refractivity contribution is 5.85. The molecular weight excluding hydrogens is 538 g/mol. The summed E-state index contributed by atoms with van der Waals surface area (Å²) < 4.78 is 23.3. The summed E-state index contributed by atoms with van der Waals surface area (Å²) in [6.07, 6.45) is 1.61. The molecule has 3 aliphatic heterocycles. The van der Waals surface area contributed by atoms with Crippen LogP contribution < -0.4 is 14.8 Å². The molecule has 10 nitrogen and oxygen atoms in total. The van der Waals surface area contributed by atoms with E-state index in [0.717, 1.165) is 11.1 Å². The Morgan fingerprint density at radius 1 is 1.10 bits per heavy atom. The molecule has 1 N–H and O–H groups in total. The van der Waals surface area contributed by atoms with E-state index in [1.165, 1.54) is 0 Å². The number of likely N-dealkylation sites (tertiary alicyclic amines) is 1. The fourth-order valence-corrected chi connectivity index (χ4v) is 5.34. The Labute approximate surface area is 248 Å². The Morgan fingerprint density at radius 3 is 2.69 bits per heavy atom. The van der Waals surface area contributed by atoms with Gasteiger partial charge < -0.3 is 34.1 Å². The number of nitrogens with zero attached hydrogens (tertiary/aromatic N) is 2. The van der Waals surface area contributed by atoms with E-state index in [0.29, 0.717) is 69.4 Å². The van der Waals surface area contributed by atoms with Crippen molar-refractivity contribution in [3.63, 3.8) is 0 Å². The first-order valence-electron chi connectivity index (χ1n) is 14.7. The fraction of sp³-hybridized carbons (Fsp3) is 0.531. The molecule has 2 aromatic carbocycles. The number of carbonyl (C=O) groups is 3. The van der Waals surface area contributed by atoms with Crippen molar-refractivity contribution in [2.45, 2.75) is 58.3 Å². The molecule has 0 radical (unpaired) electrons. The lowest BCUT2D eigenvalue weighted by Gasteiger charge is -2.39. The first kappa shape index (κ1) is 31.3. The summed E-state index contributed by atoms with van der Waals surface area (Å²) in [5.74, 6) is 1.28. The number of ether oxygens (including phenoxy) is 4. The van der Waals surface area contributed by atoms with Gasteiger partial charge in [0.25, 0.3) is 0 Å². The smallest absolute Gasteiger partial charge is 0.239 e. The lowest BCUT2D eigenvalue weighted by Crippen LogP contribution is -2.58. The third-order valence-corrected chi connectivity index (χ3v) is 7.61. The highest BCUT2D eigenvalue weighted by atomic mass is 16.5. The maximum absolute atomic E-state index is 13.4. The van der Waals surface area contributed by atoms with E-state index in [1.807, 2.05) is 56.3 Å². The molecule has 0 unspecified atom stereocenters. The molecule has 0 aliphatic carbocycles. The fourth-order valence-electron chi connectivity index (χ4n) is 5.34. The van der Waals surface area contributed by atoms with Gasteiger partial charge in [0.1, 0.15) is 5.75 Å². The van der Waals surface area contributed by atoms with Gasteiger partial charge in [-0.2, -0.15) is 0 Å². The standard InChI is InChI=1S/C32H43N3O7/c1-22(2)32(38)35-15-13-27-26(19-35)33-30(36)20-34(14-6-16-39-3)31(37)12-10-23-9-11-28(29(18-23)40-4)42-25-8-5-7-24(17-25)21-41-27/h5,7-9,11,17-18,22,26-27H,6,10,12-16,19-21H2,1-4H3,(H,33,36)/t26-,27+/m0/s1. The Kier molecular flexibility index (Phi) is 11.2. The van der Waals surface area contributed by atoms with Crippen LogP contribution in [-0.4, -0.2) is 86.7 Å². The minimum atomic E-state index is -0.411. The van der Waals surface area contributed by atoms with Gasteiger partial charge in [0, 0.05) is 45.7 Å². The number of fused-ring (bicyclic) bond motifs is 9. The summed E-state index contributed by atoms with van der Waals surface area (Å²) in [7, 11) is 3.20.